The number of hydrogen-bond acceptors (Lipinski definition) is 3. The molecule has 1 N–H and O–H groups in total. The van der Waals surface area contributed by atoms with Crippen LogP contribution >= 0.6 is 12.6 Å². The van der Waals surface area contributed by atoms with Crippen LogP contribution in [0, 0.1) is 5.92 Å². The van der Waals surface area contributed by atoms with Gasteiger partial charge in [-0.25, -0.2) is 0 Å². The van der Waals surface area contributed by atoms with Crippen LogP contribution in [0.2, 0.25) is 0 Å². The van der Waals surface area contributed by atoms with Crippen molar-refractivity contribution in [3.63, 3.8) is 0 Å². The maximum Gasteiger partial charge on any atom is 0.0927 e. The zero-order chi connectivity index (χ0) is 11.0. The normalized spacial score (nSPS) is 14.9. The van der Waals surface area contributed by atoms with Gasteiger partial charge in [-0.05, 0) is 26.7 Å². The smallest absolute Gasteiger partial charge is 0.0927 e. The Morgan fingerprint density at radius 1 is 1.50 bits per heavy atom. The van der Waals surface area contributed by atoms with Crippen molar-refractivity contribution in [2.75, 3.05) is 12.4 Å². The summed E-state index contributed by atoms with van der Waals surface area (Å²) < 4.78 is 5.35. The molecule has 2 nitrogen and oxygen atoms in total. The zero-order valence-corrected chi connectivity index (χ0v) is 10.1. The van der Waals surface area contributed by atoms with Gasteiger partial charge in [0.2, 0.25) is 0 Å². The second-order valence-corrected chi connectivity index (χ2v) is 3.92. The summed E-state index contributed by atoms with van der Waals surface area (Å²) in [5, 5.41) is 9.11. The lowest BCUT2D eigenvalue weighted by atomic mass is 10.0. The Hall–Kier alpha value is -0.150. The molecule has 2 atom stereocenters. The van der Waals surface area contributed by atoms with Gasteiger partial charge >= 0.3 is 0 Å². The van der Waals surface area contributed by atoms with Crippen molar-refractivity contribution in [1.82, 2.24) is 0 Å². The lowest BCUT2D eigenvalue weighted by Crippen LogP contribution is -2.10. The molecule has 0 aromatic carbocycles. The van der Waals surface area contributed by atoms with Crippen molar-refractivity contribution in [2.45, 2.75) is 39.2 Å². The number of hydrogen-bond donors (Lipinski definition) is 2. The van der Waals surface area contributed by atoms with Crippen LogP contribution in [-0.4, -0.2) is 23.6 Å². The summed E-state index contributed by atoms with van der Waals surface area (Å²) in [6.45, 7) is 8.31. The van der Waals surface area contributed by atoms with Crippen LogP contribution in [0.25, 0.3) is 0 Å². The van der Waals surface area contributed by atoms with E-state index >= 15 is 0 Å². The number of thiol groups is 1. The van der Waals surface area contributed by atoms with Gasteiger partial charge in [0.1, 0.15) is 0 Å². The molecule has 0 aliphatic carbocycles. The third-order valence-electron chi connectivity index (χ3n) is 2.18. The number of aliphatic hydroxyl groups is 1. The summed E-state index contributed by atoms with van der Waals surface area (Å²) >= 11 is 4.27. The second kappa shape index (κ2) is 8.18. The van der Waals surface area contributed by atoms with E-state index in [1.807, 2.05) is 13.8 Å². The third kappa shape index (κ3) is 6.33. The topological polar surface area (TPSA) is 29.5 Å². The van der Waals surface area contributed by atoms with E-state index in [1.54, 1.807) is 0 Å². The number of aliphatic hydroxyl groups excluding tert-OH is 1. The molecule has 0 fully saturated rings. The van der Waals surface area contributed by atoms with Gasteiger partial charge in [0.25, 0.3) is 0 Å². The Bertz CT molecular complexity index is 157. The second-order valence-electron chi connectivity index (χ2n) is 3.56. The molecule has 0 heterocycles. The average Bonchev–Trinajstić information content (AvgIpc) is 2.12. The van der Waals surface area contributed by atoms with E-state index in [-0.39, 0.29) is 6.10 Å². The maximum atomic E-state index is 9.11. The minimum Gasteiger partial charge on any atom is -0.499 e. The molecule has 14 heavy (non-hydrogen) atoms. The highest BCUT2D eigenvalue weighted by atomic mass is 32.1. The molecule has 0 saturated heterocycles. The number of ether oxygens (including phenoxy) is 1. The standard InChI is InChI=1S/C11H22O2S/c1-4-13-10(3)11(8-14)7-5-6-9(2)12/h9,11-12,14H,3-8H2,1-2H3. The van der Waals surface area contributed by atoms with Gasteiger partial charge < -0.3 is 9.84 Å². The highest BCUT2D eigenvalue weighted by molar-refractivity contribution is 7.80. The lowest BCUT2D eigenvalue weighted by molar-refractivity contribution is 0.170. The van der Waals surface area contributed by atoms with Crippen LogP contribution in [0.15, 0.2) is 12.3 Å². The summed E-state index contributed by atoms with van der Waals surface area (Å²) in [6, 6.07) is 0. The fourth-order valence-corrected chi connectivity index (χ4v) is 1.70. The van der Waals surface area contributed by atoms with Crippen molar-refractivity contribution in [3.05, 3.63) is 12.3 Å². The molecule has 0 amide bonds. The predicted octanol–water partition coefficient (Wildman–Crippen LogP) is 2.63. The Kier molecular flexibility index (Phi) is 8.09. The van der Waals surface area contributed by atoms with Gasteiger partial charge in [-0.3, -0.25) is 0 Å². The van der Waals surface area contributed by atoms with Crippen LogP contribution in [0.1, 0.15) is 33.1 Å². The Morgan fingerprint density at radius 3 is 2.57 bits per heavy atom. The Balaban J connectivity index is 3.73. The quantitative estimate of drug-likeness (QED) is 0.484. The van der Waals surface area contributed by atoms with E-state index in [1.165, 1.54) is 0 Å². The van der Waals surface area contributed by atoms with Crippen molar-refractivity contribution in [1.29, 1.82) is 0 Å². The van der Waals surface area contributed by atoms with Crippen LogP contribution in [0.5, 0.6) is 0 Å². The Morgan fingerprint density at radius 2 is 2.14 bits per heavy atom. The molecule has 2 unspecified atom stereocenters. The molecular weight excluding hydrogens is 196 g/mol. The van der Waals surface area contributed by atoms with Gasteiger partial charge in [0, 0.05) is 11.7 Å². The molecule has 3 heteroatoms. The fraction of sp³-hybridized carbons (Fsp3) is 0.818. The molecule has 0 aromatic heterocycles. The van der Waals surface area contributed by atoms with E-state index in [9.17, 15) is 0 Å². The highest BCUT2D eigenvalue weighted by Crippen LogP contribution is 2.19. The summed E-state index contributed by atoms with van der Waals surface area (Å²) in [7, 11) is 0. The zero-order valence-electron chi connectivity index (χ0n) is 9.20. The molecule has 0 spiro atoms. The molecule has 84 valence electrons. The summed E-state index contributed by atoms with van der Waals surface area (Å²) in [6.07, 6.45) is 2.61. The Labute approximate surface area is 92.8 Å². The van der Waals surface area contributed by atoms with E-state index in [0.29, 0.717) is 12.5 Å². The van der Waals surface area contributed by atoms with Gasteiger partial charge in [-0.15, -0.1) is 0 Å². The molecular formula is C11H22O2S. The first-order valence-corrected chi connectivity index (χ1v) is 5.85. The summed E-state index contributed by atoms with van der Waals surface area (Å²) in [5.41, 5.74) is 0. The van der Waals surface area contributed by atoms with Crippen LogP contribution < -0.4 is 0 Å². The molecule has 0 aliphatic heterocycles. The number of allylic oxidation sites excluding steroid dienone is 1. The van der Waals surface area contributed by atoms with E-state index in [0.717, 1.165) is 30.8 Å². The van der Waals surface area contributed by atoms with Gasteiger partial charge in [0.15, 0.2) is 0 Å². The molecule has 0 radical (unpaired) electrons. The van der Waals surface area contributed by atoms with E-state index in [4.69, 9.17) is 9.84 Å². The predicted molar refractivity (Wildman–Crippen MR) is 63.6 cm³/mol. The minimum atomic E-state index is -0.212. The first-order chi connectivity index (χ1) is 6.61. The third-order valence-corrected chi connectivity index (χ3v) is 2.62. The first-order valence-electron chi connectivity index (χ1n) is 5.22. The fourth-order valence-electron chi connectivity index (χ4n) is 1.32. The average molecular weight is 218 g/mol. The highest BCUT2D eigenvalue weighted by Gasteiger charge is 2.11. The van der Waals surface area contributed by atoms with E-state index < -0.39 is 0 Å². The first kappa shape index (κ1) is 13.8. The van der Waals surface area contributed by atoms with Crippen molar-refractivity contribution in [2.24, 2.45) is 5.92 Å². The van der Waals surface area contributed by atoms with Gasteiger partial charge in [-0.2, -0.15) is 12.6 Å². The van der Waals surface area contributed by atoms with Crippen LogP contribution in [0.4, 0.5) is 0 Å². The molecule has 0 aliphatic rings. The maximum absolute atomic E-state index is 9.11. The van der Waals surface area contributed by atoms with Gasteiger partial charge in [-0.1, -0.05) is 13.0 Å². The van der Waals surface area contributed by atoms with Crippen molar-refractivity contribution in [3.8, 4) is 0 Å². The molecule has 0 rings (SSSR count). The van der Waals surface area contributed by atoms with E-state index in [2.05, 4.69) is 19.2 Å². The van der Waals surface area contributed by atoms with Crippen LogP contribution in [0.3, 0.4) is 0 Å². The van der Waals surface area contributed by atoms with Gasteiger partial charge in [0.05, 0.1) is 18.5 Å². The largest absolute Gasteiger partial charge is 0.499 e. The lowest BCUT2D eigenvalue weighted by Gasteiger charge is -2.17. The van der Waals surface area contributed by atoms with Crippen molar-refractivity contribution < 1.29 is 9.84 Å². The molecule has 0 saturated carbocycles. The summed E-state index contributed by atoms with van der Waals surface area (Å²) in [4.78, 5) is 0. The SMILES string of the molecule is C=C(OCC)C(CS)CCCC(C)O. The monoisotopic (exact) mass is 218 g/mol. The summed E-state index contributed by atoms with van der Waals surface area (Å²) in [5.74, 6) is 1.91. The van der Waals surface area contributed by atoms with Crippen molar-refractivity contribution >= 4 is 12.6 Å². The molecule has 0 aromatic rings. The molecule has 0 bridgehead atoms. The number of rotatable bonds is 8. The van der Waals surface area contributed by atoms with Crippen LogP contribution in [-0.2, 0) is 4.74 Å². The minimum absolute atomic E-state index is 0.212.